The third kappa shape index (κ3) is 7.43. The lowest BCUT2D eigenvalue weighted by atomic mass is 10.2. The predicted octanol–water partition coefficient (Wildman–Crippen LogP) is 3.33. The number of esters is 1. The van der Waals surface area contributed by atoms with E-state index in [1.807, 2.05) is 51.1 Å². The van der Waals surface area contributed by atoms with Gasteiger partial charge in [0.1, 0.15) is 5.60 Å². The van der Waals surface area contributed by atoms with Crippen LogP contribution in [-0.4, -0.2) is 34.2 Å². The van der Waals surface area contributed by atoms with Gasteiger partial charge in [-0.05, 0) is 32.4 Å². The molecular weight excluding hydrogens is 352 g/mol. The fourth-order valence-electron chi connectivity index (χ4n) is 1.89. The molecule has 0 bridgehead atoms. The van der Waals surface area contributed by atoms with Crippen molar-refractivity contribution in [3.8, 4) is 0 Å². The number of amides is 1. The minimum Gasteiger partial charge on any atom is -0.460 e. The fourth-order valence-corrected chi connectivity index (χ4v) is 2.56. The van der Waals surface area contributed by atoms with E-state index in [0.29, 0.717) is 16.8 Å². The molecule has 1 amide bonds. The van der Waals surface area contributed by atoms with E-state index in [9.17, 15) is 9.59 Å². The topological polar surface area (TPSA) is 93.2 Å². The highest BCUT2D eigenvalue weighted by atomic mass is 32.1. The molecule has 0 atom stereocenters. The van der Waals surface area contributed by atoms with Crippen molar-refractivity contribution in [1.29, 1.82) is 0 Å². The van der Waals surface area contributed by atoms with Gasteiger partial charge < -0.3 is 10.1 Å². The van der Waals surface area contributed by atoms with E-state index in [4.69, 9.17) is 4.74 Å². The number of carbonyl (C=O) groups is 2. The maximum absolute atomic E-state index is 11.9. The van der Waals surface area contributed by atoms with Crippen molar-refractivity contribution in [3.63, 3.8) is 0 Å². The van der Waals surface area contributed by atoms with E-state index in [-0.39, 0.29) is 18.3 Å². The van der Waals surface area contributed by atoms with Gasteiger partial charge in [-0.15, -0.1) is 10.2 Å². The predicted molar refractivity (Wildman–Crippen MR) is 103 cm³/mol. The summed E-state index contributed by atoms with van der Waals surface area (Å²) in [6.45, 7) is 5.85. The lowest BCUT2D eigenvalue weighted by Gasteiger charge is -2.19. The van der Waals surface area contributed by atoms with Crippen molar-refractivity contribution in [2.45, 2.75) is 32.8 Å². The second kappa shape index (κ2) is 9.10. The molecule has 0 unspecified atom stereocenters. The second-order valence-electron chi connectivity index (χ2n) is 6.41. The first-order chi connectivity index (χ1) is 12.3. The lowest BCUT2D eigenvalue weighted by Crippen LogP contribution is -2.25. The van der Waals surface area contributed by atoms with Crippen LogP contribution < -0.4 is 10.6 Å². The SMILES string of the molecule is CC(C)(C)OC(=O)CCNc1nnc(NC(=O)C=Cc2ccccc2)s1. The lowest BCUT2D eigenvalue weighted by molar-refractivity contribution is -0.154. The van der Waals surface area contributed by atoms with Gasteiger partial charge >= 0.3 is 5.97 Å². The van der Waals surface area contributed by atoms with E-state index < -0.39 is 5.60 Å². The molecular formula is C18H22N4O3S. The van der Waals surface area contributed by atoms with Crippen LogP contribution in [0.25, 0.3) is 6.08 Å². The number of hydrogen-bond donors (Lipinski definition) is 2. The molecule has 2 rings (SSSR count). The smallest absolute Gasteiger partial charge is 0.308 e. The van der Waals surface area contributed by atoms with Crippen LogP contribution in [0.5, 0.6) is 0 Å². The Labute approximate surface area is 156 Å². The minimum absolute atomic E-state index is 0.221. The Hall–Kier alpha value is -2.74. The standard InChI is InChI=1S/C18H22N4O3S/c1-18(2,3)25-15(24)11-12-19-16-21-22-17(26-16)20-14(23)10-9-13-7-5-4-6-8-13/h4-10H,11-12H2,1-3H3,(H,19,21)(H,20,22,23). The number of nitrogens with zero attached hydrogens (tertiary/aromatic N) is 2. The van der Waals surface area contributed by atoms with Crippen LogP contribution in [-0.2, 0) is 14.3 Å². The van der Waals surface area contributed by atoms with E-state index in [2.05, 4.69) is 20.8 Å². The summed E-state index contributed by atoms with van der Waals surface area (Å²) in [5.74, 6) is -0.570. The first-order valence-corrected chi connectivity index (χ1v) is 8.97. The molecule has 0 aliphatic heterocycles. The molecule has 2 N–H and O–H groups in total. The number of carbonyl (C=O) groups excluding carboxylic acids is 2. The summed E-state index contributed by atoms with van der Waals surface area (Å²) in [7, 11) is 0. The Bertz CT molecular complexity index is 766. The number of anilines is 2. The maximum atomic E-state index is 11.9. The molecule has 0 spiro atoms. The van der Waals surface area contributed by atoms with Crippen LogP contribution in [0.1, 0.15) is 32.8 Å². The summed E-state index contributed by atoms with van der Waals surface area (Å²) in [5.41, 5.74) is 0.439. The van der Waals surface area contributed by atoms with Gasteiger partial charge in [-0.3, -0.25) is 14.9 Å². The maximum Gasteiger partial charge on any atom is 0.308 e. The van der Waals surface area contributed by atoms with Crippen molar-refractivity contribution in [1.82, 2.24) is 10.2 Å². The number of benzene rings is 1. The molecule has 0 fully saturated rings. The molecule has 2 aromatic rings. The first kappa shape index (κ1) is 19.6. The molecule has 0 aliphatic rings. The average Bonchev–Trinajstić information content (AvgIpc) is 2.99. The zero-order chi connectivity index (χ0) is 19.0. The quantitative estimate of drug-likeness (QED) is 0.570. The molecule has 0 saturated heterocycles. The summed E-state index contributed by atoms with van der Waals surface area (Å²) >= 11 is 1.20. The number of nitrogens with one attached hydrogen (secondary N) is 2. The molecule has 1 aromatic heterocycles. The summed E-state index contributed by atoms with van der Waals surface area (Å²) < 4.78 is 5.22. The molecule has 26 heavy (non-hydrogen) atoms. The summed E-state index contributed by atoms with van der Waals surface area (Å²) in [6.07, 6.45) is 3.38. The van der Waals surface area contributed by atoms with E-state index in [1.165, 1.54) is 17.4 Å². The van der Waals surface area contributed by atoms with Crippen LogP contribution in [0.3, 0.4) is 0 Å². The van der Waals surface area contributed by atoms with Crippen LogP contribution in [0.4, 0.5) is 10.3 Å². The normalized spacial score (nSPS) is 11.3. The van der Waals surface area contributed by atoms with Gasteiger partial charge in [0, 0.05) is 12.6 Å². The number of rotatable bonds is 7. The summed E-state index contributed by atoms with van der Waals surface area (Å²) in [5, 5.41) is 14.4. The van der Waals surface area contributed by atoms with Gasteiger partial charge in [0.15, 0.2) is 0 Å². The summed E-state index contributed by atoms with van der Waals surface area (Å²) in [4.78, 5) is 23.5. The molecule has 1 heterocycles. The van der Waals surface area contributed by atoms with Gasteiger partial charge in [-0.1, -0.05) is 41.7 Å². The van der Waals surface area contributed by atoms with Crippen molar-refractivity contribution >= 4 is 39.6 Å². The second-order valence-corrected chi connectivity index (χ2v) is 7.39. The van der Waals surface area contributed by atoms with E-state index >= 15 is 0 Å². The molecule has 7 nitrogen and oxygen atoms in total. The highest BCUT2D eigenvalue weighted by Gasteiger charge is 2.16. The molecule has 138 valence electrons. The van der Waals surface area contributed by atoms with Crippen LogP contribution >= 0.6 is 11.3 Å². The number of aromatic nitrogens is 2. The van der Waals surface area contributed by atoms with E-state index in [1.54, 1.807) is 6.08 Å². The van der Waals surface area contributed by atoms with Gasteiger partial charge in [-0.2, -0.15) is 0 Å². The largest absolute Gasteiger partial charge is 0.460 e. The van der Waals surface area contributed by atoms with Crippen molar-refractivity contribution < 1.29 is 14.3 Å². The fraction of sp³-hybridized carbons (Fsp3) is 0.333. The third-order valence-corrected chi connectivity index (χ3v) is 3.70. The summed E-state index contributed by atoms with van der Waals surface area (Å²) in [6, 6.07) is 9.52. The van der Waals surface area contributed by atoms with Gasteiger partial charge in [-0.25, -0.2) is 0 Å². The Kier molecular flexibility index (Phi) is 6.85. The Morgan fingerprint density at radius 1 is 1.15 bits per heavy atom. The monoisotopic (exact) mass is 374 g/mol. The van der Waals surface area contributed by atoms with Crippen LogP contribution in [0, 0.1) is 0 Å². The third-order valence-electron chi connectivity index (χ3n) is 2.91. The van der Waals surface area contributed by atoms with Gasteiger partial charge in [0.2, 0.25) is 16.2 Å². The first-order valence-electron chi connectivity index (χ1n) is 8.15. The molecule has 8 heteroatoms. The highest BCUT2D eigenvalue weighted by molar-refractivity contribution is 7.19. The van der Waals surface area contributed by atoms with E-state index in [0.717, 1.165) is 5.56 Å². The van der Waals surface area contributed by atoms with Crippen LogP contribution in [0.15, 0.2) is 36.4 Å². The number of hydrogen-bond acceptors (Lipinski definition) is 7. The van der Waals surface area contributed by atoms with Gasteiger partial charge in [0.05, 0.1) is 6.42 Å². The van der Waals surface area contributed by atoms with Crippen LogP contribution in [0.2, 0.25) is 0 Å². The van der Waals surface area contributed by atoms with Gasteiger partial charge in [0.25, 0.3) is 0 Å². The molecule has 0 saturated carbocycles. The highest BCUT2D eigenvalue weighted by Crippen LogP contribution is 2.20. The molecule has 0 aliphatic carbocycles. The molecule has 0 radical (unpaired) electrons. The zero-order valence-electron chi connectivity index (χ0n) is 15.0. The Morgan fingerprint density at radius 3 is 2.54 bits per heavy atom. The van der Waals surface area contributed by atoms with Crippen molar-refractivity contribution in [3.05, 3.63) is 42.0 Å². The molecule has 1 aromatic carbocycles. The Balaban J connectivity index is 1.76. The number of ether oxygens (including phenoxy) is 1. The minimum atomic E-state index is -0.495. The van der Waals surface area contributed by atoms with Crippen molar-refractivity contribution in [2.75, 3.05) is 17.2 Å². The zero-order valence-corrected chi connectivity index (χ0v) is 15.8. The van der Waals surface area contributed by atoms with Crippen molar-refractivity contribution in [2.24, 2.45) is 0 Å². The average molecular weight is 374 g/mol. The Morgan fingerprint density at radius 2 is 1.85 bits per heavy atom.